The summed E-state index contributed by atoms with van der Waals surface area (Å²) in [5.74, 6) is 1.57. The first kappa shape index (κ1) is 20.9. The molecule has 0 N–H and O–H groups in total. The van der Waals surface area contributed by atoms with Gasteiger partial charge in [-0.2, -0.15) is 0 Å². The molecule has 1 fully saturated rings. The zero-order valence-electron chi connectivity index (χ0n) is 17.6. The van der Waals surface area contributed by atoms with Crippen molar-refractivity contribution in [2.75, 3.05) is 34.3 Å². The molecule has 1 aliphatic heterocycles. The van der Waals surface area contributed by atoms with E-state index in [0.29, 0.717) is 12.3 Å². The second-order valence-corrected chi connectivity index (χ2v) is 7.95. The van der Waals surface area contributed by atoms with Crippen LogP contribution in [0, 0.1) is 5.92 Å². The number of nitrogens with zero attached hydrogens (tertiary/aromatic N) is 2. The molecule has 0 unspecified atom stereocenters. The number of carbonyl (C=O) groups excluding carboxylic acids is 2. The van der Waals surface area contributed by atoms with Crippen LogP contribution in [-0.4, -0.2) is 55.9 Å². The summed E-state index contributed by atoms with van der Waals surface area (Å²) in [6, 6.07) is 15.6. The third-order valence-electron chi connectivity index (χ3n) is 5.59. The molecule has 0 saturated carbocycles. The molecule has 1 heterocycles. The molecule has 0 radical (unpaired) electrons. The Kier molecular flexibility index (Phi) is 6.91. The number of likely N-dealkylation sites (tertiary alicyclic amines) is 1. The van der Waals surface area contributed by atoms with Gasteiger partial charge in [0.1, 0.15) is 5.75 Å². The van der Waals surface area contributed by atoms with Crippen molar-refractivity contribution in [2.24, 2.45) is 5.92 Å². The summed E-state index contributed by atoms with van der Waals surface area (Å²) < 4.78 is 5.24. The number of hydrogen-bond donors (Lipinski definition) is 0. The van der Waals surface area contributed by atoms with Gasteiger partial charge in [-0.05, 0) is 60.6 Å². The number of rotatable bonds is 6. The number of methoxy groups -OCH3 is 1. The number of benzene rings is 2. The second-order valence-electron chi connectivity index (χ2n) is 7.95. The summed E-state index contributed by atoms with van der Waals surface area (Å²) in [4.78, 5) is 28.2. The smallest absolute Gasteiger partial charge is 0.253 e. The summed E-state index contributed by atoms with van der Waals surface area (Å²) in [5, 5.41) is 0. The van der Waals surface area contributed by atoms with Crippen molar-refractivity contribution in [1.29, 1.82) is 0 Å². The molecule has 5 heteroatoms. The maximum atomic E-state index is 12.6. The molecular weight excluding hydrogens is 364 g/mol. The van der Waals surface area contributed by atoms with Crippen LogP contribution in [0.15, 0.2) is 48.5 Å². The Morgan fingerprint density at radius 1 is 1.03 bits per heavy atom. The normalized spacial score (nSPS) is 14.5. The Bertz CT molecular complexity index is 837. The molecule has 5 nitrogen and oxygen atoms in total. The van der Waals surface area contributed by atoms with Crippen molar-refractivity contribution in [1.82, 2.24) is 9.80 Å². The molecule has 1 aliphatic rings. The van der Waals surface area contributed by atoms with Crippen molar-refractivity contribution in [2.45, 2.75) is 25.7 Å². The van der Waals surface area contributed by atoms with Crippen LogP contribution in [0.3, 0.4) is 0 Å². The lowest BCUT2D eigenvalue weighted by atomic mass is 9.89. The lowest BCUT2D eigenvalue weighted by Gasteiger charge is -2.32. The van der Waals surface area contributed by atoms with Gasteiger partial charge in [-0.1, -0.05) is 24.3 Å². The molecule has 3 rings (SSSR count). The molecule has 0 aliphatic carbocycles. The molecule has 1 saturated heterocycles. The van der Waals surface area contributed by atoms with E-state index >= 15 is 0 Å². The monoisotopic (exact) mass is 394 g/mol. The molecule has 2 aromatic rings. The SMILES string of the molecule is COc1cccc(CC(=O)N2CCC(Cc3ccc(C(=O)N(C)C)cc3)CC2)c1. The quantitative estimate of drug-likeness (QED) is 0.754. The molecule has 0 bridgehead atoms. The fourth-order valence-electron chi connectivity index (χ4n) is 3.83. The van der Waals surface area contributed by atoms with Gasteiger partial charge in [-0.25, -0.2) is 0 Å². The van der Waals surface area contributed by atoms with E-state index in [0.717, 1.165) is 49.2 Å². The Hall–Kier alpha value is -2.82. The Morgan fingerprint density at radius 3 is 2.34 bits per heavy atom. The van der Waals surface area contributed by atoms with Gasteiger partial charge < -0.3 is 14.5 Å². The number of piperidine rings is 1. The van der Waals surface area contributed by atoms with E-state index in [1.807, 2.05) is 41.3 Å². The van der Waals surface area contributed by atoms with Gasteiger partial charge in [-0.15, -0.1) is 0 Å². The zero-order valence-corrected chi connectivity index (χ0v) is 17.6. The van der Waals surface area contributed by atoms with Crippen molar-refractivity contribution in [3.8, 4) is 5.75 Å². The lowest BCUT2D eigenvalue weighted by molar-refractivity contribution is -0.131. The molecule has 2 amide bonds. The predicted octanol–water partition coefficient (Wildman–Crippen LogP) is 3.42. The largest absolute Gasteiger partial charge is 0.497 e. The van der Waals surface area contributed by atoms with Crippen LogP contribution < -0.4 is 4.74 Å². The molecule has 2 aromatic carbocycles. The summed E-state index contributed by atoms with van der Waals surface area (Å²) in [6.45, 7) is 1.62. The van der Waals surface area contributed by atoms with Crippen molar-refractivity contribution >= 4 is 11.8 Å². The predicted molar refractivity (Wildman–Crippen MR) is 114 cm³/mol. The molecule has 154 valence electrons. The Balaban J connectivity index is 1.48. The summed E-state index contributed by atoms with van der Waals surface area (Å²) in [7, 11) is 5.17. The minimum absolute atomic E-state index is 0.0272. The Morgan fingerprint density at radius 2 is 1.72 bits per heavy atom. The lowest BCUT2D eigenvalue weighted by Crippen LogP contribution is -2.39. The van der Waals surface area contributed by atoms with Crippen molar-refractivity contribution in [3.63, 3.8) is 0 Å². The highest BCUT2D eigenvalue weighted by molar-refractivity contribution is 5.93. The Labute approximate surface area is 173 Å². The van der Waals surface area contributed by atoms with Gasteiger partial charge in [0.05, 0.1) is 13.5 Å². The maximum Gasteiger partial charge on any atom is 0.253 e. The first-order valence-corrected chi connectivity index (χ1v) is 10.2. The van der Waals surface area contributed by atoms with E-state index in [1.165, 1.54) is 5.56 Å². The summed E-state index contributed by atoms with van der Waals surface area (Å²) >= 11 is 0. The van der Waals surface area contributed by atoms with E-state index in [9.17, 15) is 9.59 Å². The second kappa shape index (κ2) is 9.59. The minimum Gasteiger partial charge on any atom is -0.497 e. The fraction of sp³-hybridized carbons (Fsp3) is 0.417. The highest BCUT2D eigenvalue weighted by Gasteiger charge is 2.23. The van der Waals surface area contributed by atoms with E-state index in [-0.39, 0.29) is 11.8 Å². The van der Waals surface area contributed by atoms with Crippen LogP contribution in [0.25, 0.3) is 0 Å². The van der Waals surface area contributed by atoms with Gasteiger partial charge in [0.15, 0.2) is 0 Å². The van der Waals surface area contributed by atoms with Crippen molar-refractivity contribution < 1.29 is 14.3 Å². The zero-order chi connectivity index (χ0) is 20.8. The minimum atomic E-state index is 0.0272. The van der Waals surface area contributed by atoms with Crippen LogP contribution in [0.2, 0.25) is 0 Å². The van der Waals surface area contributed by atoms with Gasteiger partial charge in [0.2, 0.25) is 5.91 Å². The third kappa shape index (κ3) is 5.59. The number of carbonyl (C=O) groups is 2. The van der Waals surface area contributed by atoms with Gasteiger partial charge >= 0.3 is 0 Å². The van der Waals surface area contributed by atoms with Gasteiger partial charge in [0, 0.05) is 32.7 Å². The van der Waals surface area contributed by atoms with Crippen LogP contribution in [0.5, 0.6) is 5.75 Å². The van der Waals surface area contributed by atoms with Crippen LogP contribution >= 0.6 is 0 Å². The highest BCUT2D eigenvalue weighted by atomic mass is 16.5. The van der Waals surface area contributed by atoms with Crippen molar-refractivity contribution in [3.05, 3.63) is 65.2 Å². The molecule has 0 atom stereocenters. The standard InChI is InChI=1S/C24H30N2O3/c1-25(2)24(28)21-9-7-18(8-10-21)15-19-11-13-26(14-12-19)23(27)17-20-5-4-6-22(16-20)29-3/h4-10,16,19H,11-15,17H2,1-3H3. The molecule has 0 spiro atoms. The first-order valence-electron chi connectivity index (χ1n) is 10.2. The van der Waals surface area contributed by atoms with E-state index in [2.05, 4.69) is 12.1 Å². The number of amides is 2. The van der Waals surface area contributed by atoms with Crippen LogP contribution in [0.1, 0.15) is 34.3 Å². The van der Waals surface area contributed by atoms with E-state index in [4.69, 9.17) is 4.74 Å². The van der Waals surface area contributed by atoms with Gasteiger partial charge in [0.25, 0.3) is 5.91 Å². The molecule has 0 aromatic heterocycles. The van der Waals surface area contributed by atoms with Crippen LogP contribution in [-0.2, 0) is 17.6 Å². The fourth-order valence-corrected chi connectivity index (χ4v) is 3.83. The summed E-state index contributed by atoms with van der Waals surface area (Å²) in [6.07, 6.45) is 3.45. The summed E-state index contributed by atoms with van der Waals surface area (Å²) in [5.41, 5.74) is 2.96. The highest BCUT2D eigenvalue weighted by Crippen LogP contribution is 2.23. The van der Waals surface area contributed by atoms with E-state index < -0.39 is 0 Å². The maximum absolute atomic E-state index is 12.6. The van der Waals surface area contributed by atoms with E-state index in [1.54, 1.807) is 26.1 Å². The molecule has 29 heavy (non-hydrogen) atoms. The molecular formula is C24H30N2O3. The average Bonchev–Trinajstić information content (AvgIpc) is 2.74. The van der Waals surface area contributed by atoms with Gasteiger partial charge in [-0.3, -0.25) is 9.59 Å². The topological polar surface area (TPSA) is 49.9 Å². The average molecular weight is 395 g/mol. The third-order valence-corrected chi connectivity index (χ3v) is 5.59. The van der Waals surface area contributed by atoms with Crippen LogP contribution in [0.4, 0.5) is 0 Å². The first-order chi connectivity index (χ1) is 14.0. The number of hydrogen-bond acceptors (Lipinski definition) is 3. The number of ether oxygens (including phenoxy) is 1.